The smallest absolute Gasteiger partial charge is 0.147 e. The Bertz CT molecular complexity index is 380. The average Bonchev–Trinajstić information content (AvgIpc) is 2.29. The first kappa shape index (κ1) is 12.7. The average molecular weight is 255 g/mol. The van der Waals surface area contributed by atoms with E-state index in [4.69, 9.17) is 16.7 Å². The summed E-state index contributed by atoms with van der Waals surface area (Å²) in [5.74, 6) is 1.64. The van der Waals surface area contributed by atoms with Gasteiger partial charge in [0.1, 0.15) is 5.82 Å². The molecule has 3 nitrogen and oxygen atoms in total. The molecule has 0 radical (unpaired) electrons. The molecule has 0 amide bonds. The van der Waals surface area contributed by atoms with Crippen LogP contribution in [-0.4, -0.2) is 23.2 Å². The van der Waals surface area contributed by atoms with Crippen LogP contribution in [0.2, 0.25) is 5.02 Å². The number of hydrogen-bond donors (Lipinski definition) is 1. The topological polar surface area (TPSA) is 36.4 Å². The molecule has 1 fully saturated rings. The molecule has 0 spiro atoms. The predicted octanol–water partition coefficient (Wildman–Crippen LogP) is 2.85. The molecule has 0 unspecified atom stereocenters. The van der Waals surface area contributed by atoms with Gasteiger partial charge in [0, 0.05) is 19.3 Å². The van der Waals surface area contributed by atoms with Crippen LogP contribution in [0.1, 0.15) is 31.7 Å². The van der Waals surface area contributed by atoms with Crippen LogP contribution in [-0.2, 0) is 6.61 Å². The fraction of sp³-hybridized carbons (Fsp3) is 0.615. The maximum atomic E-state index is 9.03. The highest BCUT2D eigenvalue weighted by Crippen LogP contribution is 2.30. The van der Waals surface area contributed by atoms with Crippen LogP contribution in [0.3, 0.4) is 0 Å². The predicted molar refractivity (Wildman–Crippen MR) is 70.4 cm³/mol. The van der Waals surface area contributed by atoms with E-state index in [1.165, 1.54) is 19.3 Å². The van der Waals surface area contributed by atoms with Crippen molar-refractivity contribution < 1.29 is 5.11 Å². The largest absolute Gasteiger partial charge is 0.392 e. The molecule has 94 valence electrons. The SMILES string of the molecule is CCN(CC1CCC1)c1ncc(CO)cc1Cl. The maximum Gasteiger partial charge on any atom is 0.147 e. The van der Waals surface area contributed by atoms with E-state index in [2.05, 4.69) is 16.8 Å². The Balaban J connectivity index is 2.11. The van der Waals surface area contributed by atoms with Crippen LogP contribution >= 0.6 is 11.6 Å². The minimum Gasteiger partial charge on any atom is -0.392 e. The van der Waals surface area contributed by atoms with Gasteiger partial charge in [-0.05, 0) is 37.3 Å². The molecule has 0 aliphatic heterocycles. The summed E-state index contributed by atoms with van der Waals surface area (Å²) in [7, 11) is 0. The van der Waals surface area contributed by atoms with Gasteiger partial charge in [-0.1, -0.05) is 18.0 Å². The molecular weight excluding hydrogens is 236 g/mol. The number of aromatic nitrogens is 1. The van der Waals surface area contributed by atoms with Crippen LogP contribution in [0, 0.1) is 5.92 Å². The number of nitrogens with zero attached hydrogens (tertiary/aromatic N) is 2. The minimum atomic E-state index is -0.0122. The number of hydrogen-bond acceptors (Lipinski definition) is 3. The molecule has 17 heavy (non-hydrogen) atoms. The molecule has 0 bridgehead atoms. The second-order valence-electron chi connectivity index (χ2n) is 4.64. The van der Waals surface area contributed by atoms with Crippen LogP contribution < -0.4 is 4.90 Å². The monoisotopic (exact) mass is 254 g/mol. The molecule has 1 aliphatic rings. The lowest BCUT2D eigenvalue weighted by Crippen LogP contribution is -2.33. The zero-order valence-electron chi connectivity index (χ0n) is 10.2. The number of pyridine rings is 1. The zero-order valence-corrected chi connectivity index (χ0v) is 11.0. The quantitative estimate of drug-likeness (QED) is 0.878. The first-order chi connectivity index (χ1) is 8.24. The summed E-state index contributed by atoms with van der Waals surface area (Å²) in [4.78, 5) is 6.60. The van der Waals surface area contributed by atoms with E-state index < -0.39 is 0 Å². The minimum absolute atomic E-state index is 0.0122. The molecule has 0 atom stereocenters. The van der Waals surface area contributed by atoms with Crippen molar-refractivity contribution in [3.05, 3.63) is 22.8 Å². The molecule has 0 aromatic carbocycles. The second kappa shape index (κ2) is 5.69. The molecule has 1 N–H and O–H groups in total. The normalized spacial score (nSPS) is 15.7. The molecule has 1 aromatic heterocycles. The Morgan fingerprint density at radius 3 is 2.76 bits per heavy atom. The Kier molecular flexibility index (Phi) is 4.24. The zero-order chi connectivity index (χ0) is 12.3. The van der Waals surface area contributed by atoms with Crippen LogP contribution in [0.15, 0.2) is 12.3 Å². The standard InChI is InChI=1S/C13H19ClN2O/c1-2-16(8-10-4-3-5-10)13-12(14)6-11(9-17)7-15-13/h6-7,10,17H,2-5,8-9H2,1H3. The van der Waals surface area contributed by atoms with E-state index in [9.17, 15) is 0 Å². The maximum absolute atomic E-state index is 9.03. The summed E-state index contributed by atoms with van der Waals surface area (Å²) >= 11 is 6.21. The molecule has 1 heterocycles. The van der Waals surface area contributed by atoms with Gasteiger partial charge >= 0.3 is 0 Å². The number of rotatable bonds is 5. The molecule has 1 saturated carbocycles. The van der Waals surface area contributed by atoms with Gasteiger partial charge in [-0.2, -0.15) is 0 Å². The first-order valence-electron chi connectivity index (χ1n) is 6.24. The summed E-state index contributed by atoms with van der Waals surface area (Å²) in [6.07, 6.45) is 5.70. The Morgan fingerprint density at radius 2 is 2.29 bits per heavy atom. The molecule has 4 heteroatoms. The second-order valence-corrected chi connectivity index (χ2v) is 5.05. The van der Waals surface area contributed by atoms with Crippen LogP contribution in [0.25, 0.3) is 0 Å². The summed E-state index contributed by atoms with van der Waals surface area (Å²) in [5.41, 5.74) is 0.762. The highest BCUT2D eigenvalue weighted by molar-refractivity contribution is 6.33. The van der Waals surface area contributed by atoms with Crippen molar-refractivity contribution in [2.75, 3.05) is 18.0 Å². The molecule has 0 saturated heterocycles. The van der Waals surface area contributed by atoms with Gasteiger partial charge in [-0.15, -0.1) is 0 Å². The van der Waals surface area contributed by atoms with Crippen molar-refractivity contribution >= 4 is 17.4 Å². The summed E-state index contributed by atoms with van der Waals surface area (Å²) in [5, 5.41) is 9.67. The summed E-state index contributed by atoms with van der Waals surface area (Å²) in [6, 6.07) is 1.80. The summed E-state index contributed by atoms with van der Waals surface area (Å²) < 4.78 is 0. The van der Waals surface area contributed by atoms with Crippen molar-refractivity contribution in [2.45, 2.75) is 32.8 Å². The van der Waals surface area contributed by atoms with Crippen molar-refractivity contribution in [3.63, 3.8) is 0 Å². The van der Waals surface area contributed by atoms with Crippen molar-refractivity contribution in [1.29, 1.82) is 0 Å². The van der Waals surface area contributed by atoms with Gasteiger partial charge in [-0.3, -0.25) is 0 Å². The fourth-order valence-corrected chi connectivity index (χ4v) is 2.45. The van der Waals surface area contributed by atoms with Gasteiger partial charge in [-0.25, -0.2) is 4.98 Å². The highest BCUT2D eigenvalue weighted by Gasteiger charge is 2.21. The lowest BCUT2D eigenvalue weighted by molar-refractivity contribution is 0.281. The number of halogens is 1. The van der Waals surface area contributed by atoms with Crippen molar-refractivity contribution in [1.82, 2.24) is 4.98 Å². The molecular formula is C13H19ClN2O. The molecule has 2 rings (SSSR count). The third-order valence-electron chi connectivity index (χ3n) is 3.45. The lowest BCUT2D eigenvalue weighted by Gasteiger charge is -2.32. The third kappa shape index (κ3) is 2.90. The summed E-state index contributed by atoms with van der Waals surface area (Å²) in [6.45, 7) is 4.07. The van der Waals surface area contributed by atoms with E-state index in [-0.39, 0.29) is 6.61 Å². The van der Waals surface area contributed by atoms with E-state index in [1.54, 1.807) is 12.3 Å². The van der Waals surface area contributed by atoms with Gasteiger partial charge in [0.15, 0.2) is 0 Å². The Hall–Kier alpha value is -0.800. The van der Waals surface area contributed by atoms with Crippen molar-refractivity contribution in [3.8, 4) is 0 Å². The van der Waals surface area contributed by atoms with Gasteiger partial charge in [0.2, 0.25) is 0 Å². The van der Waals surface area contributed by atoms with Gasteiger partial charge < -0.3 is 10.0 Å². The van der Waals surface area contributed by atoms with E-state index in [0.29, 0.717) is 5.02 Å². The molecule has 1 aromatic rings. The van der Waals surface area contributed by atoms with E-state index >= 15 is 0 Å². The van der Waals surface area contributed by atoms with Gasteiger partial charge in [0.05, 0.1) is 11.6 Å². The first-order valence-corrected chi connectivity index (χ1v) is 6.62. The lowest BCUT2D eigenvalue weighted by atomic mass is 9.85. The van der Waals surface area contributed by atoms with Crippen LogP contribution in [0.4, 0.5) is 5.82 Å². The Labute approximate surface area is 107 Å². The highest BCUT2D eigenvalue weighted by atomic mass is 35.5. The third-order valence-corrected chi connectivity index (χ3v) is 3.72. The number of aliphatic hydroxyl groups excluding tert-OH is 1. The van der Waals surface area contributed by atoms with Crippen LogP contribution in [0.5, 0.6) is 0 Å². The van der Waals surface area contributed by atoms with E-state index in [0.717, 1.165) is 30.4 Å². The Morgan fingerprint density at radius 1 is 1.53 bits per heavy atom. The number of aliphatic hydroxyl groups is 1. The van der Waals surface area contributed by atoms with Crippen molar-refractivity contribution in [2.24, 2.45) is 5.92 Å². The fourth-order valence-electron chi connectivity index (χ4n) is 2.14. The number of anilines is 1. The molecule has 1 aliphatic carbocycles. The van der Waals surface area contributed by atoms with Gasteiger partial charge in [0.25, 0.3) is 0 Å². The van der Waals surface area contributed by atoms with E-state index in [1.807, 2.05) is 0 Å².